The van der Waals surface area contributed by atoms with Gasteiger partial charge in [0.05, 0.1) is 12.5 Å². The zero-order valence-electron chi connectivity index (χ0n) is 17.7. The quantitative estimate of drug-likeness (QED) is 0.676. The average molecular weight is 420 g/mol. The molecule has 0 bridgehead atoms. The van der Waals surface area contributed by atoms with Crippen LogP contribution >= 0.6 is 0 Å². The van der Waals surface area contributed by atoms with Gasteiger partial charge in [-0.15, -0.1) is 0 Å². The monoisotopic (exact) mass is 419 g/mol. The molecule has 2 amide bonds. The molecule has 31 heavy (non-hydrogen) atoms. The fraction of sp³-hybridized carbons (Fsp3) is 0.360. The van der Waals surface area contributed by atoms with Crippen LogP contribution in [0, 0.1) is 5.92 Å². The number of nitrogens with one attached hydrogen (secondary N) is 1. The summed E-state index contributed by atoms with van der Waals surface area (Å²) in [6.45, 7) is 3.68. The Morgan fingerprint density at radius 3 is 2.94 bits per heavy atom. The lowest BCUT2D eigenvalue weighted by Crippen LogP contribution is -2.40. The summed E-state index contributed by atoms with van der Waals surface area (Å²) < 4.78 is 5.51. The molecule has 1 saturated heterocycles. The second-order valence-corrected chi connectivity index (χ2v) is 8.31. The number of nitrogens with zero attached hydrogens (tertiary/aromatic N) is 1. The Morgan fingerprint density at radius 1 is 1.19 bits per heavy atom. The van der Waals surface area contributed by atoms with Crippen molar-refractivity contribution in [3.63, 3.8) is 0 Å². The lowest BCUT2D eigenvalue weighted by atomic mass is 9.97. The number of likely N-dealkylation sites (tertiary alicyclic amines) is 1. The summed E-state index contributed by atoms with van der Waals surface area (Å²) in [5.41, 5.74) is 9.90. The Morgan fingerprint density at radius 2 is 2.06 bits per heavy atom. The zero-order chi connectivity index (χ0) is 21.6. The molecule has 4 rings (SSSR count). The zero-order valence-corrected chi connectivity index (χ0v) is 17.7. The van der Waals surface area contributed by atoms with Crippen LogP contribution in [0.4, 0.5) is 0 Å². The van der Waals surface area contributed by atoms with Crippen molar-refractivity contribution in [3.05, 3.63) is 70.8 Å². The van der Waals surface area contributed by atoms with E-state index < -0.39 is 0 Å². The molecule has 162 valence electrons. The standard InChI is InChI=1S/C25H29N3O3/c26-25(30)22-5-2-11-28(17-22)16-20-4-1-3-19(13-20)15-27-24(29)9-7-18-6-8-23-21(14-18)10-12-31-23/h1,3-4,6-9,13-14,22H,2,5,10-12,15-17H2,(H2,26,30)(H,27,29)/b9-7+. The largest absolute Gasteiger partial charge is 0.493 e. The Balaban J connectivity index is 1.28. The molecule has 1 atom stereocenters. The predicted molar refractivity (Wildman–Crippen MR) is 120 cm³/mol. The molecule has 2 aliphatic heterocycles. The first-order chi connectivity index (χ1) is 15.1. The van der Waals surface area contributed by atoms with Gasteiger partial charge in [0.2, 0.25) is 11.8 Å². The van der Waals surface area contributed by atoms with E-state index in [4.69, 9.17) is 10.5 Å². The van der Waals surface area contributed by atoms with Gasteiger partial charge in [-0.1, -0.05) is 30.3 Å². The highest BCUT2D eigenvalue weighted by Crippen LogP contribution is 2.26. The topological polar surface area (TPSA) is 84.7 Å². The number of primary amides is 1. The van der Waals surface area contributed by atoms with Gasteiger partial charge < -0.3 is 15.8 Å². The van der Waals surface area contributed by atoms with Crippen molar-refractivity contribution in [1.29, 1.82) is 0 Å². The van der Waals surface area contributed by atoms with Crippen LogP contribution in [0.1, 0.15) is 35.1 Å². The van der Waals surface area contributed by atoms with Gasteiger partial charge in [-0.2, -0.15) is 0 Å². The number of fused-ring (bicyclic) bond motifs is 1. The van der Waals surface area contributed by atoms with Crippen molar-refractivity contribution in [1.82, 2.24) is 10.2 Å². The number of hydrogen-bond acceptors (Lipinski definition) is 4. The fourth-order valence-electron chi connectivity index (χ4n) is 4.26. The number of amides is 2. The average Bonchev–Trinajstić information content (AvgIpc) is 3.24. The first-order valence-electron chi connectivity index (χ1n) is 10.9. The van der Waals surface area contributed by atoms with Crippen molar-refractivity contribution in [2.75, 3.05) is 19.7 Å². The lowest BCUT2D eigenvalue weighted by molar-refractivity contribution is -0.123. The van der Waals surface area contributed by atoms with Crippen LogP contribution in [-0.4, -0.2) is 36.4 Å². The van der Waals surface area contributed by atoms with E-state index in [9.17, 15) is 9.59 Å². The van der Waals surface area contributed by atoms with Gasteiger partial charge in [-0.25, -0.2) is 0 Å². The number of hydrogen-bond donors (Lipinski definition) is 2. The number of nitrogens with two attached hydrogens (primary N) is 1. The third-order valence-electron chi connectivity index (χ3n) is 5.91. The molecule has 3 N–H and O–H groups in total. The van der Waals surface area contributed by atoms with E-state index in [0.29, 0.717) is 6.54 Å². The summed E-state index contributed by atoms with van der Waals surface area (Å²) >= 11 is 0. The van der Waals surface area contributed by atoms with E-state index in [2.05, 4.69) is 28.4 Å². The third kappa shape index (κ3) is 5.73. The second-order valence-electron chi connectivity index (χ2n) is 8.31. The minimum Gasteiger partial charge on any atom is -0.493 e. The molecule has 0 radical (unpaired) electrons. The molecule has 1 unspecified atom stereocenters. The highest BCUT2D eigenvalue weighted by Gasteiger charge is 2.23. The van der Waals surface area contributed by atoms with Crippen molar-refractivity contribution >= 4 is 17.9 Å². The van der Waals surface area contributed by atoms with Gasteiger partial charge in [0.25, 0.3) is 0 Å². The molecule has 0 saturated carbocycles. The van der Waals surface area contributed by atoms with Crippen LogP contribution in [0.2, 0.25) is 0 Å². The van der Waals surface area contributed by atoms with Gasteiger partial charge in [0.1, 0.15) is 5.75 Å². The summed E-state index contributed by atoms with van der Waals surface area (Å²) in [5.74, 6) is 0.558. The number of carbonyl (C=O) groups is 2. The maximum atomic E-state index is 12.3. The van der Waals surface area contributed by atoms with Crippen molar-refractivity contribution < 1.29 is 14.3 Å². The number of carbonyl (C=O) groups excluding carboxylic acids is 2. The third-order valence-corrected chi connectivity index (χ3v) is 5.91. The molecule has 6 heteroatoms. The fourth-order valence-corrected chi connectivity index (χ4v) is 4.26. The smallest absolute Gasteiger partial charge is 0.244 e. The molecular weight excluding hydrogens is 390 g/mol. The minimum absolute atomic E-state index is 0.0544. The Bertz CT molecular complexity index is 986. The summed E-state index contributed by atoms with van der Waals surface area (Å²) in [7, 11) is 0. The van der Waals surface area contributed by atoms with E-state index in [1.165, 1.54) is 11.1 Å². The molecule has 2 aromatic carbocycles. The number of rotatable bonds is 7. The van der Waals surface area contributed by atoms with Crippen LogP contribution < -0.4 is 15.8 Å². The molecule has 6 nitrogen and oxygen atoms in total. The van der Waals surface area contributed by atoms with Gasteiger partial charge in [0, 0.05) is 32.1 Å². The van der Waals surface area contributed by atoms with Crippen LogP contribution in [0.5, 0.6) is 5.75 Å². The highest BCUT2D eigenvalue weighted by atomic mass is 16.5. The second kappa shape index (κ2) is 9.79. The molecule has 2 heterocycles. The van der Waals surface area contributed by atoms with E-state index in [1.54, 1.807) is 6.08 Å². The predicted octanol–water partition coefficient (Wildman–Crippen LogP) is 2.65. The van der Waals surface area contributed by atoms with Gasteiger partial charge in [-0.3, -0.25) is 14.5 Å². The summed E-state index contributed by atoms with van der Waals surface area (Å²) in [6.07, 6.45) is 6.19. The number of piperidine rings is 1. The van der Waals surface area contributed by atoms with Gasteiger partial charge >= 0.3 is 0 Å². The van der Waals surface area contributed by atoms with Gasteiger partial charge in [-0.05, 0) is 59.8 Å². The Labute approximate surface area is 183 Å². The normalized spacial score (nSPS) is 18.5. The van der Waals surface area contributed by atoms with Crippen LogP contribution in [0.25, 0.3) is 6.08 Å². The molecule has 2 aliphatic rings. The molecule has 2 aromatic rings. The van der Waals surface area contributed by atoms with Gasteiger partial charge in [0.15, 0.2) is 0 Å². The first kappa shape index (κ1) is 21.1. The van der Waals surface area contributed by atoms with Crippen molar-refractivity contribution in [2.24, 2.45) is 11.7 Å². The van der Waals surface area contributed by atoms with E-state index in [-0.39, 0.29) is 17.7 Å². The van der Waals surface area contributed by atoms with Crippen molar-refractivity contribution in [3.8, 4) is 5.75 Å². The summed E-state index contributed by atoms with van der Waals surface area (Å²) in [5, 5.41) is 2.95. The maximum absolute atomic E-state index is 12.3. The molecule has 1 fully saturated rings. The van der Waals surface area contributed by atoms with Crippen molar-refractivity contribution in [2.45, 2.75) is 32.4 Å². The van der Waals surface area contributed by atoms with Crippen LogP contribution in [0.3, 0.4) is 0 Å². The SMILES string of the molecule is NC(=O)C1CCCN(Cc2cccc(CNC(=O)/C=C/c3ccc4c(c3)CCO4)c2)C1. The van der Waals surface area contributed by atoms with E-state index in [0.717, 1.165) is 62.4 Å². The number of benzene rings is 2. The first-order valence-corrected chi connectivity index (χ1v) is 10.9. The van der Waals surface area contributed by atoms with Crippen LogP contribution in [0.15, 0.2) is 48.5 Å². The number of ether oxygens (including phenoxy) is 1. The van der Waals surface area contributed by atoms with E-state index in [1.807, 2.05) is 30.3 Å². The molecule has 0 aromatic heterocycles. The van der Waals surface area contributed by atoms with E-state index >= 15 is 0 Å². The molecule has 0 spiro atoms. The maximum Gasteiger partial charge on any atom is 0.244 e. The Kier molecular flexibility index (Phi) is 6.67. The summed E-state index contributed by atoms with van der Waals surface area (Å²) in [6, 6.07) is 14.2. The lowest BCUT2D eigenvalue weighted by Gasteiger charge is -2.31. The molecular formula is C25H29N3O3. The summed E-state index contributed by atoms with van der Waals surface area (Å²) in [4.78, 5) is 26.0. The Hall–Kier alpha value is -3.12. The van der Waals surface area contributed by atoms with Crippen LogP contribution in [-0.2, 0) is 29.1 Å². The molecule has 0 aliphatic carbocycles. The minimum atomic E-state index is -0.206. The highest BCUT2D eigenvalue weighted by molar-refractivity contribution is 5.91.